The van der Waals surface area contributed by atoms with Gasteiger partial charge in [-0.25, -0.2) is 4.98 Å². The standard InChI is InChI=1S/C15H22BrN3/c1-11-7-13(16)9-18-15(11)19(14-4-5-14)10-12-3-2-6-17-8-12/h7,9,12,14,17H,2-6,8,10H2,1H3. The van der Waals surface area contributed by atoms with Crippen molar-refractivity contribution in [2.24, 2.45) is 5.92 Å². The number of aromatic nitrogens is 1. The zero-order chi connectivity index (χ0) is 13.2. The molecule has 3 rings (SSSR count). The average molecular weight is 324 g/mol. The van der Waals surface area contributed by atoms with Crippen LogP contribution < -0.4 is 10.2 Å². The van der Waals surface area contributed by atoms with Gasteiger partial charge in [0.15, 0.2) is 0 Å². The number of rotatable bonds is 4. The van der Waals surface area contributed by atoms with Crippen molar-refractivity contribution in [1.29, 1.82) is 0 Å². The van der Waals surface area contributed by atoms with Gasteiger partial charge in [-0.1, -0.05) is 0 Å². The molecule has 4 heteroatoms. The molecule has 1 unspecified atom stereocenters. The summed E-state index contributed by atoms with van der Waals surface area (Å²) in [5.41, 5.74) is 1.28. The van der Waals surface area contributed by atoms with Crippen molar-refractivity contribution >= 4 is 21.7 Å². The number of anilines is 1. The summed E-state index contributed by atoms with van der Waals surface area (Å²) in [5.74, 6) is 1.97. The van der Waals surface area contributed by atoms with Crippen LogP contribution in [0.15, 0.2) is 16.7 Å². The van der Waals surface area contributed by atoms with Crippen LogP contribution in [0.2, 0.25) is 0 Å². The molecule has 0 bridgehead atoms. The van der Waals surface area contributed by atoms with E-state index in [1.165, 1.54) is 50.2 Å². The summed E-state index contributed by atoms with van der Waals surface area (Å²) in [6, 6.07) is 2.91. The molecule has 0 aromatic carbocycles. The van der Waals surface area contributed by atoms with E-state index in [0.717, 1.165) is 23.0 Å². The molecule has 0 amide bonds. The number of piperidine rings is 1. The fourth-order valence-corrected chi connectivity index (χ4v) is 3.43. The SMILES string of the molecule is Cc1cc(Br)cnc1N(CC1CCCNC1)C1CC1. The van der Waals surface area contributed by atoms with Gasteiger partial charge in [0.25, 0.3) is 0 Å². The van der Waals surface area contributed by atoms with Gasteiger partial charge in [-0.2, -0.15) is 0 Å². The lowest BCUT2D eigenvalue weighted by Crippen LogP contribution is -2.40. The molecule has 1 aliphatic heterocycles. The van der Waals surface area contributed by atoms with Gasteiger partial charge in [-0.05, 0) is 79.2 Å². The van der Waals surface area contributed by atoms with Gasteiger partial charge >= 0.3 is 0 Å². The minimum atomic E-state index is 0.731. The van der Waals surface area contributed by atoms with Gasteiger partial charge in [-0.3, -0.25) is 0 Å². The lowest BCUT2D eigenvalue weighted by Gasteiger charge is -2.32. The van der Waals surface area contributed by atoms with E-state index in [-0.39, 0.29) is 0 Å². The van der Waals surface area contributed by atoms with Crippen molar-refractivity contribution < 1.29 is 0 Å². The van der Waals surface area contributed by atoms with Crippen LogP contribution in [0.3, 0.4) is 0 Å². The highest BCUT2D eigenvalue weighted by molar-refractivity contribution is 9.10. The smallest absolute Gasteiger partial charge is 0.131 e. The highest BCUT2D eigenvalue weighted by atomic mass is 79.9. The van der Waals surface area contributed by atoms with Crippen molar-refractivity contribution in [3.8, 4) is 0 Å². The molecular formula is C15H22BrN3. The number of hydrogen-bond donors (Lipinski definition) is 1. The molecule has 2 aliphatic rings. The first-order valence-electron chi connectivity index (χ1n) is 7.33. The molecule has 0 radical (unpaired) electrons. The molecule has 1 atom stereocenters. The summed E-state index contributed by atoms with van der Waals surface area (Å²) in [4.78, 5) is 7.22. The van der Waals surface area contributed by atoms with Crippen LogP contribution in [0.25, 0.3) is 0 Å². The molecule has 1 saturated heterocycles. The number of halogens is 1. The average Bonchev–Trinajstić information content (AvgIpc) is 3.22. The van der Waals surface area contributed by atoms with Crippen LogP contribution in [-0.2, 0) is 0 Å². The van der Waals surface area contributed by atoms with Crippen molar-refractivity contribution in [3.05, 3.63) is 22.3 Å². The van der Waals surface area contributed by atoms with E-state index in [4.69, 9.17) is 0 Å². The summed E-state index contributed by atoms with van der Waals surface area (Å²) < 4.78 is 1.07. The Labute approximate surface area is 123 Å². The van der Waals surface area contributed by atoms with E-state index in [2.05, 4.69) is 44.1 Å². The predicted molar refractivity (Wildman–Crippen MR) is 82.6 cm³/mol. The second kappa shape index (κ2) is 5.80. The molecule has 1 aromatic heterocycles. The second-order valence-electron chi connectivity index (χ2n) is 5.89. The number of nitrogens with one attached hydrogen (secondary N) is 1. The predicted octanol–water partition coefficient (Wildman–Crippen LogP) is 3.12. The second-order valence-corrected chi connectivity index (χ2v) is 6.81. The normalized spacial score (nSPS) is 23.4. The quantitative estimate of drug-likeness (QED) is 0.922. The van der Waals surface area contributed by atoms with E-state index < -0.39 is 0 Å². The van der Waals surface area contributed by atoms with Crippen LogP contribution in [0.4, 0.5) is 5.82 Å². The van der Waals surface area contributed by atoms with E-state index in [0.29, 0.717) is 0 Å². The fourth-order valence-electron chi connectivity index (χ4n) is 2.99. The summed E-state index contributed by atoms with van der Waals surface area (Å²) in [6.45, 7) is 5.68. The summed E-state index contributed by atoms with van der Waals surface area (Å²) in [7, 11) is 0. The lowest BCUT2D eigenvalue weighted by atomic mass is 9.99. The van der Waals surface area contributed by atoms with Crippen LogP contribution >= 0.6 is 15.9 Å². The Balaban J connectivity index is 1.76. The largest absolute Gasteiger partial charge is 0.353 e. The number of pyridine rings is 1. The molecule has 3 nitrogen and oxygen atoms in total. The molecule has 0 spiro atoms. The van der Waals surface area contributed by atoms with E-state index in [9.17, 15) is 0 Å². The van der Waals surface area contributed by atoms with Crippen LogP contribution in [-0.4, -0.2) is 30.7 Å². The van der Waals surface area contributed by atoms with E-state index in [1.807, 2.05) is 6.20 Å². The van der Waals surface area contributed by atoms with Crippen LogP contribution in [0.1, 0.15) is 31.2 Å². The Bertz CT molecular complexity index is 439. The molecule has 1 saturated carbocycles. The first kappa shape index (κ1) is 13.4. The van der Waals surface area contributed by atoms with Crippen LogP contribution in [0.5, 0.6) is 0 Å². The first-order chi connectivity index (χ1) is 9.24. The van der Waals surface area contributed by atoms with Gasteiger partial charge in [0, 0.05) is 23.3 Å². The molecule has 2 heterocycles. The molecule has 104 valence electrons. The number of nitrogens with zero attached hydrogens (tertiary/aromatic N) is 2. The van der Waals surface area contributed by atoms with Gasteiger partial charge < -0.3 is 10.2 Å². The van der Waals surface area contributed by atoms with Crippen molar-refractivity contribution in [3.63, 3.8) is 0 Å². The molecule has 1 aromatic rings. The Morgan fingerprint density at radius 3 is 2.89 bits per heavy atom. The first-order valence-corrected chi connectivity index (χ1v) is 8.13. The summed E-state index contributed by atoms with van der Waals surface area (Å²) in [6.07, 6.45) is 7.26. The molecule has 2 fully saturated rings. The highest BCUT2D eigenvalue weighted by Crippen LogP contribution is 2.34. The van der Waals surface area contributed by atoms with Crippen molar-refractivity contribution in [1.82, 2.24) is 10.3 Å². The van der Waals surface area contributed by atoms with Crippen LogP contribution in [0, 0.1) is 12.8 Å². The number of hydrogen-bond acceptors (Lipinski definition) is 3. The lowest BCUT2D eigenvalue weighted by molar-refractivity contribution is 0.375. The Kier molecular flexibility index (Phi) is 4.08. The third kappa shape index (κ3) is 3.29. The van der Waals surface area contributed by atoms with E-state index >= 15 is 0 Å². The van der Waals surface area contributed by atoms with E-state index in [1.54, 1.807) is 0 Å². The third-order valence-corrected chi connectivity index (χ3v) is 4.56. The fraction of sp³-hybridized carbons (Fsp3) is 0.667. The molecule has 1 aliphatic carbocycles. The topological polar surface area (TPSA) is 28.2 Å². The Morgan fingerprint density at radius 2 is 2.26 bits per heavy atom. The molecule has 1 N–H and O–H groups in total. The molecule has 19 heavy (non-hydrogen) atoms. The monoisotopic (exact) mass is 323 g/mol. The Hall–Kier alpha value is -0.610. The minimum absolute atomic E-state index is 0.731. The van der Waals surface area contributed by atoms with Gasteiger partial charge in [-0.15, -0.1) is 0 Å². The van der Waals surface area contributed by atoms with Gasteiger partial charge in [0.05, 0.1) is 0 Å². The zero-order valence-electron chi connectivity index (χ0n) is 11.5. The summed E-state index contributed by atoms with van der Waals surface area (Å²) in [5, 5.41) is 3.52. The maximum Gasteiger partial charge on any atom is 0.131 e. The zero-order valence-corrected chi connectivity index (χ0v) is 13.1. The number of aryl methyl sites for hydroxylation is 1. The molecular weight excluding hydrogens is 302 g/mol. The minimum Gasteiger partial charge on any atom is -0.353 e. The third-order valence-electron chi connectivity index (χ3n) is 4.13. The maximum absolute atomic E-state index is 4.66. The van der Waals surface area contributed by atoms with Crippen molar-refractivity contribution in [2.75, 3.05) is 24.5 Å². The summed E-state index contributed by atoms with van der Waals surface area (Å²) >= 11 is 3.51. The Morgan fingerprint density at radius 1 is 1.42 bits per heavy atom. The maximum atomic E-state index is 4.66. The van der Waals surface area contributed by atoms with Gasteiger partial charge in [0.1, 0.15) is 5.82 Å². The van der Waals surface area contributed by atoms with Gasteiger partial charge in [0.2, 0.25) is 0 Å². The highest BCUT2D eigenvalue weighted by Gasteiger charge is 2.32. The van der Waals surface area contributed by atoms with Crippen molar-refractivity contribution in [2.45, 2.75) is 38.6 Å².